The number of hydrogen-bond donors (Lipinski definition) is 2. The number of hydrogen-bond acceptors (Lipinski definition) is 4. The van der Waals surface area contributed by atoms with Crippen LogP contribution in [0.15, 0.2) is 16.5 Å². The lowest BCUT2D eigenvalue weighted by molar-refractivity contribution is -0.129. The first-order chi connectivity index (χ1) is 9.39. The van der Waals surface area contributed by atoms with Gasteiger partial charge >= 0.3 is 0 Å². The van der Waals surface area contributed by atoms with E-state index in [0.717, 1.165) is 12.8 Å². The van der Waals surface area contributed by atoms with Crippen LogP contribution in [0.2, 0.25) is 0 Å². The molecule has 1 aliphatic rings. The van der Waals surface area contributed by atoms with Crippen LogP contribution in [0.5, 0.6) is 0 Å². The number of furan rings is 1. The molecule has 0 aromatic carbocycles. The van der Waals surface area contributed by atoms with Gasteiger partial charge in [0.25, 0.3) is 0 Å². The molecule has 0 spiro atoms. The van der Waals surface area contributed by atoms with E-state index in [1.807, 2.05) is 0 Å². The van der Waals surface area contributed by atoms with E-state index < -0.39 is 11.0 Å². The van der Waals surface area contributed by atoms with Gasteiger partial charge in [-0.05, 0) is 38.8 Å². The standard InChI is InChI=1S/C15H20N2O3/c1-11-5-6-12(20-11)14(2,19)10-17-13(18)15(9-16)7-3-4-8-15/h5-6,19H,3-4,7-8,10H2,1-2H3,(H,17,18). The highest BCUT2D eigenvalue weighted by Crippen LogP contribution is 2.37. The quantitative estimate of drug-likeness (QED) is 0.880. The third-order valence-electron chi connectivity index (χ3n) is 3.97. The van der Waals surface area contributed by atoms with E-state index in [9.17, 15) is 15.2 Å². The van der Waals surface area contributed by atoms with Crippen molar-refractivity contribution >= 4 is 5.91 Å². The molecule has 0 bridgehead atoms. The predicted molar refractivity (Wildman–Crippen MR) is 72.5 cm³/mol. The first-order valence-corrected chi connectivity index (χ1v) is 6.88. The van der Waals surface area contributed by atoms with E-state index in [-0.39, 0.29) is 12.5 Å². The zero-order valence-corrected chi connectivity index (χ0v) is 11.9. The Hall–Kier alpha value is -1.80. The molecule has 1 aromatic heterocycles. The summed E-state index contributed by atoms with van der Waals surface area (Å²) in [6.07, 6.45) is 2.98. The number of rotatable bonds is 4. The second-order valence-electron chi connectivity index (χ2n) is 5.77. The summed E-state index contributed by atoms with van der Waals surface area (Å²) in [5, 5.41) is 22.3. The van der Waals surface area contributed by atoms with Gasteiger partial charge in [0.15, 0.2) is 0 Å². The lowest BCUT2D eigenvalue weighted by atomic mass is 9.87. The Morgan fingerprint density at radius 2 is 2.20 bits per heavy atom. The van der Waals surface area contributed by atoms with Crippen molar-refractivity contribution in [3.05, 3.63) is 23.7 Å². The molecule has 20 heavy (non-hydrogen) atoms. The van der Waals surface area contributed by atoms with Crippen molar-refractivity contribution in [2.75, 3.05) is 6.54 Å². The van der Waals surface area contributed by atoms with Gasteiger partial charge in [0.05, 0.1) is 12.6 Å². The fourth-order valence-corrected chi connectivity index (χ4v) is 2.60. The molecular weight excluding hydrogens is 256 g/mol. The number of aryl methyl sites for hydroxylation is 1. The summed E-state index contributed by atoms with van der Waals surface area (Å²) >= 11 is 0. The van der Waals surface area contributed by atoms with Gasteiger partial charge in [-0.2, -0.15) is 5.26 Å². The molecule has 2 rings (SSSR count). The topological polar surface area (TPSA) is 86.3 Å². The van der Waals surface area contributed by atoms with Crippen LogP contribution < -0.4 is 5.32 Å². The summed E-state index contributed by atoms with van der Waals surface area (Å²) < 4.78 is 5.39. The van der Waals surface area contributed by atoms with Gasteiger partial charge in [0.1, 0.15) is 22.5 Å². The number of carbonyl (C=O) groups is 1. The average molecular weight is 276 g/mol. The maximum atomic E-state index is 12.2. The molecule has 1 heterocycles. The summed E-state index contributed by atoms with van der Waals surface area (Å²) in [6, 6.07) is 5.60. The van der Waals surface area contributed by atoms with Crippen molar-refractivity contribution < 1.29 is 14.3 Å². The molecule has 1 saturated carbocycles. The largest absolute Gasteiger partial charge is 0.463 e. The van der Waals surface area contributed by atoms with E-state index in [0.29, 0.717) is 24.4 Å². The highest BCUT2D eigenvalue weighted by Gasteiger charge is 2.42. The SMILES string of the molecule is Cc1ccc(C(C)(O)CNC(=O)C2(C#N)CCCC2)o1. The summed E-state index contributed by atoms with van der Waals surface area (Å²) in [5.41, 5.74) is -2.20. The Balaban J connectivity index is 2.01. The number of carbonyl (C=O) groups excluding carboxylic acids is 1. The van der Waals surface area contributed by atoms with E-state index in [4.69, 9.17) is 4.42 Å². The Bertz CT molecular complexity index is 534. The molecule has 1 atom stereocenters. The minimum atomic E-state index is -1.28. The lowest BCUT2D eigenvalue weighted by Gasteiger charge is -2.25. The zero-order valence-electron chi connectivity index (χ0n) is 11.9. The van der Waals surface area contributed by atoms with Crippen LogP contribution in [0.25, 0.3) is 0 Å². The van der Waals surface area contributed by atoms with Gasteiger partial charge in [-0.15, -0.1) is 0 Å². The van der Waals surface area contributed by atoms with Gasteiger partial charge < -0.3 is 14.8 Å². The van der Waals surface area contributed by atoms with Gasteiger partial charge in [-0.1, -0.05) is 12.8 Å². The monoisotopic (exact) mass is 276 g/mol. The number of aliphatic hydroxyl groups is 1. The second-order valence-corrected chi connectivity index (χ2v) is 5.77. The Morgan fingerprint density at radius 3 is 2.70 bits per heavy atom. The molecule has 0 radical (unpaired) electrons. The zero-order chi connectivity index (χ0) is 14.8. The Morgan fingerprint density at radius 1 is 1.55 bits per heavy atom. The van der Waals surface area contributed by atoms with Crippen LogP contribution in [-0.4, -0.2) is 17.6 Å². The van der Waals surface area contributed by atoms with Crippen molar-refractivity contribution in [1.82, 2.24) is 5.32 Å². The summed E-state index contributed by atoms with van der Waals surface area (Å²) in [6.45, 7) is 3.41. The molecule has 2 N–H and O–H groups in total. The Kier molecular flexibility index (Phi) is 3.87. The normalized spacial score (nSPS) is 20.1. The average Bonchev–Trinajstić information content (AvgIpc) is 3.05. The molecule has 1 aromatic rings. The number of nitriles is 1. The van der Waals surface area contributed by atoms with E-state index in [1.54, 1.807) is 26.0 Å². The second kappa shape index (κ2) is 5.29. The number of amides is 1. The molecule has 0 saturated heterocycles. The van der Waals surface area contributed by atoms with Crippen LogP contribution in [0.3, 0.4) is 0 Å². The van der Waals surface area contributed by atoms with Gasteiger partial charge in [0.2, 0.25) is 5.91 Å². The third-order valence-corrected chi connectivity index (χ3v) is 3.97. The molecule has 1 unspecified atom stereocenters. The lowest BCUT2D eigenvalue weighted by Crippen LogP contribution is -2.44. The number of nitrogens with one attached hydrogen (secondary N) is 1. The van der Waals surface area contributed by atoms with Crippen molar-refractivity contribution in [3.8, 4) is 6.07 Å². The van der Waals surface area contributed by atoms with Crippen molar-refractivity contribution in [2.24, 2.45) is 5.41 Å². The highest BCUT2D eigenvalue weighted by molar-refractivity contribution is 5.85. The molecule has 1 amide bonds. The van der Waals surface area contributed by atoms with E-state index >= 15 is 0 Å². The third kappa shape index (κ3) is 2.70. The molecule has 108 valence electrons. The molecule has 1 aliphatic carbocycles. The maximum Gasteiger partial charge on any atom is 0.240 e. The first-order valence-electron chi connectivity index (χ1n) is 6.88. The van der Waals surface area contributed by atoms with Crippen LogP contribution in [0.1, 0.15) is 44.1 Å². The molecule has 0 aliphatic heterocycles. The Labute approximate surface area is 118 Å². The van der Waals surface area contributed by atoms with Crippen LogP contribution in [0, 0.1) is 23.7 Å². The minimum absolute atomic E-state index is 0.0300. The molecule has 5 nitrogen and oxygen atoms in total. The molecule has 5 heteroatoms. The van der Waals surface area contributed by atoms with Crippen LogP contribution >= 0.6 is 0 Å². The van der Waals surface area contributed by atoms with Crippen LogP contribution in [-0.2, 0) is 10.4 Å². The van der Waals surface area contributed by atoms with Crippen molar-refractivity contribution in [1.29, 1.82) is 5.26 Å². The highest BCUT2D eigenvalue weighted by atomic mass is 16.4. The summed E-state index contributed by atoms with van der Waals surface area (Å²) in [4.78, 5) is 12.2. The van der Waals surface area contributed by atoms with E-state index in [2.05, 4.69) is 11.4 Å². The number of nitrogens with zero attached hydrogens (tertiary/aromatic N) is 1. The van der Waals surface area contributed by atoms with Crippen molar-refractivity contribution in [3.63, 3.8) is 0 Å². The van der Waals surface area contributed by atoms with Gasteiger partial charge in [-0.3, -0.25) is 4.79 Å². The van der Waals surface area contributed by atoms with E-state index in [1.165, 1.54) is 0 Å². The fraction of sp³-hybridized carbons (Fsp3) is 0.600. The van der Waals surface area contributed by atoms with Crippen LogP contribution in [0.4, 0.5) is 0 Å². The molecular formula is C15H20N2O3. The minimum Gasteiger partial charge on any atom is -0.463 e. The van der Waals surface area contributed by atoms with Crippen molar-refractivity contribution in [2.45, 2.75) is 45.1 Å². The maximum absolute atomic E-state index is 12.2. The fourth-order valence-electron chi connectivity index (χ4n) is 2.60. The van der Waals surface area contributed by atoms with Gasteiger partial charge in [0, 0.05) is 0 Å². The predicted octanol–water partition coefficient (Wildman–Crippen LogP) is 2.00. The first kappa shape index (κ1) is 14.6. The summed E-state index contributed by atoms with van der Waals surface area (Å²) in [5.74, 6) is 0.824. The summed E-state index contributed by atoms with van der Waals surface area (Å²) in [7, 11) is 0. The molecule has 1 fully saturated rings. The smallest absolute Gasteiger partial charge is 0.240 e. The van der Waals surface area contributed by atoms with Gasteiger partial charge in [-0.25, -0.2) is 0 Å².